The predicted octanol–water partition coefficient (Wildman–Crippen LogP) is 4.63. The van der Waals surface area contributed by atoms with Gasteiger partial charge in [0.2, 0.25) is 0 Å². The van der Waals surface area contributed by atoms with Gasteiger partial charge in [-0.3, -0.25) is 0 Å². The molecule has 0 N–H and O–H groups in total. The molecule has 0 fully saturated rings. The van der Waals surface area contributed by atoms with Gasteiger partial charge in [-0.1, -0.05) is 41.4 Å². The van der Waals surface area contributed by atoms with E-state index in [1.54, 1.807) is 0 Å². The zero-order valence-corrected chi connectivity index (χ0v) is 11.0. The summed E-state index contributed by atoms with van der Waals surface area (Å²) in [6, 6.07) is 5.90. The number of fused-ring (bicyclic) bond motifs is 1. The van der Waals surface area contributed by atoms with Gasteiger partial charge in [-0.25, -0.2) is 4.98 Å². The molecule has 1 aromatic carbocycles. The maximum Gasteiger partial charge on any atom is 0.134 e. The van der Waals surface area contributed by atoms with Crippen molar-refractivity contribution in [2.75, 3.05) is 5.88 Å². The number of hydrogen-bond donors (Lipinski definition) is 0. The molecule has 4 heteroatoms. The van der Waals surface area contributed by atoms with Crippen molar-refractivity contribution in [3.8, 4) is 0 Å². The monoisotopic (exact) mass is 273 g/mol. The average Bonchev–Trinajstić information content (AvgIpc) is 2.26. The lowest BCUT2D eigenvalue weighted by atomic mass is 10.1. The van der Waals surface area contributed by atoms with E-state index in [4.69, 9.17) is 34.8 Å². The van der Waals surface area contributed by atoms with Crippen LogP contribution in [0.5, 0.6) is 0 Å². The number of aromatic nitrogens is 1. The minimum atomic E-state index is 0.451. The molecule has 0 radical (unpaired) electrons. The quantitative estimate of drug-likeness (QED) is 0.575. The molecule has 0 aliphatic rings. The summed E-state index contributed by atoms with van der Waals surface area (Å²) < 4.78 is 0. The van der Waals surface area contributed by atoms with E-state index in [-0.39, 0.29) is 0 Å². The Morgan fingerprint density at radius 3 is 2.69 bits per heavy atom. The topological polar surface area (TPSA) is 12.9 Å². The van der Waals surface area contributed by atoms with Crippen LogP contribution in [0.1, 0.15) is 11.1 Å². The summed E-state index contributed by atoms with van der Waals surface area (Å²) >= 11 is 18.1. The van der Waals surface area contributed by atoms with Crippen molar-refractivity contribution < 1.29 is 0 Å². The SMILES string of the molecule is Cc1cccc2c(Cl)c(CCCl)c(Cl)nc12. The summed E-state index contributed by atoms with van der Waals surface area (Å²) in [6.45, 7) is 1.99. The minimum Gasteiger partial charge on any atom is -0.235 e. The van der Waals surface area contributed by atoms with Gasteiger partial charge in [-0.15, -0.1) is 11.6 Å². The number of nitrogens with zero attached hydrogens (tertiary/aromatic N) is 1. The third-order valence-corrected chi connectivity index (χ3v) is 3.48. The summed E-state index contributed by atoms with van der Waals surface area (Å²) in [6.07, 6.45) is 0.635. The van der Waals surface area contributed by atoms with E-state index in [9.17, 15) is 0 Å². The Bertz CT molecular complexity index is 537. The standard InChI is InChI=1S/C12H10Cl3N/c1-7-3-2-4-8-10(14)9(5-6-13)12(15)16-11(7)8/h2-4H,5-6H2,1H3. The maximum atomic E-state index is 6.31. The second-order valence-electron chi connectivity index (χ2n) is 3.61. The highest BCUT2D eigenvalue weighted by atomic mass is 35.5. The van der Waals surface area contributed by atoms with Crippen LogP contribution < -0.4 is 0 Å². The lowest BCUT2D eigenvalue weighted by Gasteiger charge is -2.09. The van der Waals surface area contributed by atoms with Crippen LogP contribution in [-0.2, 0) is 6.42 Å². The first-order valence-corrected chi connectivity index (χ1v) is 6.23. The summed E-state index contributed by atoms with van der Waals surface area (Å²) in [4.78, 5) is 4.38. The van der Waals surface area contributed by atoms with Crippen LogP contribution in [0.25, 0.3) is 10.9 Å². The molecule has 84 valence electrons. The highest BCUT2D eigenvalue weighted by Crippen LogP contribution is 2.32. The lowest BCUT2D eigenvalue weighted by molar-refractivity contribution is 1.13. The highest BCUT2D eigenvalue weighted by molar-refractivity contribution is 6.39. The zero-order chi connectivity index (χ0) is 11.7. The number of rotatable bonds is 2. The van der Waals surface area contributed by atoms with Crippen LogP contribution in [0, 0.1) is 6.92 Å². The van der Waals surface area contributed by atoms with Crippen molar-refractivity contribution in [1.29, 1.82) is 0 Å². The Kier molecular flexibility index (Phi) is 3.58. The van der Waals surface area contributed by atoms with E-state index >= 15 is 0 Å². The molecule has 0 saturated carbocycles. The molecule has 1 nitrogen and oxygen atoms in total. The molecule has 0 saturated heterocycles. The number of aryl methyl sites for hydroxylation is 1. The molecule has 0 atom stereocenters. The van der Waals surface area contributed by atoms with Gasteiger partial charge < -0.3 is 0 Å². The van der Waals surface area contributed by atoms with E-state index in [0.29, 0.717) is 22.5 Å². The Morgan fingerprint density at radius 1 is 1.25 bits per heavy atom. The molecule has 0 aliphatic carbocycles. The van der Waals surface area contributed by atoms with Gasteiger partial charge in [0.05, 0.1) is 10.5 Å². The summed E-state index contributed by atoms with van der Waals surface area (Å²) in [7, 11) is 0. The van der Waals surface area contributed by atoms with Gasteiger partial charge >= 0.3 is 0 Å². The first-order chi connectivity index (χ1) is 7.65. The largest absolute Gasteiger partial charge is 0.235 e. The predicted molar refractivity (Wildman–Crippen MR) is 70.9 cm³/mol. The molecular formula is C12H10Cl3N. The van der Waals surface area contributed by atoms with Crippen LogP contribution >= 0.6 is 34.8 Å². The van der Waals surface area contributed by atoms with Crippen LogP contribution in [0.15, 0.2) is 18.2 Å². The maximum absolute atomic E-state index is 6.31. The molecule has 2 aromatic rings. The fourth-order valence-electron chi connectivity index (χ4n) is 1.71. The van der Waals surface area contributed by atoms with Gasteiger partial charge in [-0.05, 0) is 18.9 Å². The zero-order valence-electron chi connectivity index (χ0n) is 8.73. The second-order valence-corrected chi connectivity index (χ2v) is 4.72. The van der Waals surface area contributed by atoms with Gasteiger partial charge in [0.15, 0.2) is 0 Å². The number of benzene rings is 1. The summed E-state index contributed by atoms with van der Waals surface area (Å²) in [5, 5.41) is 2.05. The van der Waals surface area contributed by atoms with Gasteiger partial charge in [0, 0.05) is 16.8 Å². The Labute approximate surface area is 109 Å². The number of alkyl halides is 1. The molecule has 0 spiro atoms. The minimum absolute atomic E-state index is 0.451. The number of pyridine rings is 1. The average molecular weight is 275 g/mol. The van der Waals surface area contributed by atoms with Crippen molar-refractivity contribution in [1.82, 2.24) is 4.98 Å². The first kappa shape index (κ1) is 12.0. The fraction of sp³-hybridized carbons (Fsp3) is 0.250. The molecule has 1 aromatic heterocycles. The van der Waals surface area contributed by atoms with Crippen molar-refractivity contribution in [3.05, 3.63) is 39.5 Å². The van der Waals surface area contributed by atoms with Crippen LogP contribution in [-0.4, -0.2) is 10.9 Å². The van der Waals surface area contributed by atoms with Crippen LogP contribution in [0.4, 0.5) is 0 Å². The van der Waals surface area contributed by atoms with E-state index in [0.717, 1.165) is 22.0 Å². The second kappa shape index (κ2) is 4.79. The van der Waals surface area contributed by atoms with E-state index in [1.807, 2.05) is 25.1 Å². The number of hydrogen-bond acceptors (Lipinski definition) is 1. The molecular weight excluding hydrogens is 264 g/mol. The smallest absolute Gasteiger partial charge is 0.134 e. The Balaban J connectivity index is 2.78. The highest BCUT2D eigenvalue weighted by Gasteiger charge is 2.12. The molecule has 16 heavy (non-hydrogen) atoms. The molecule has 0 aliphatic heterocycles. The first-order valence-electron chi connectivity index (χ1n) is 4.94. The molecule has 0 bridgehead atoms. The van der Waals surface area contributed by atoms with E-state index in [1.165, 1.54) is 0 Å². The molecule has 1 heterocycles. The van der Waals surface area contributed by atoms with Crippen LogP contribution in [0.3, 0.4) is 0 Å². The lowest BCUT2D eigenvalue weighted by Crippen LogP contribution is -1.95. The van der Waals surface area contributed by atoms with E-state index < -0.39 is 0 Å². The van der Waals surface area contributed by atoms with E-state index in [2.05, 4.69) is 4.98 Å². The number of halogens is 3. The van der Waals surface area contributed by atoms with Crippen molar-refractivity contribution >= 4 is 45.7 Å². The fourth-order valence-corrected chi connectivity index (χ4v) is 2.56. The molecule has 0 amide bonds. The van der Waals surface area contributed by atoms with Crippen LogP contribution in [0.2, 0.25) is 10.2 Å². The summed E-state index contributed by atoms with van der Waals surface area (Å²) in [5.74, 6) is 0.485. The van der Waals surface area contributed by atoms with Crippen molar-refractivity contribution in [2.24, 2.45) is 0 Å². The normalized spacial score (nSPS) is 11.0. The molecule has 0 unspecified atom stereocenters. The van der Waals surface area contributed by atoms with Crippen molar-refractivity contribution in [3.63, 3.8) is 0 Å². The number of para-hydroxylation sites is 1. The third kappa shape index (κ3) is 2.00. The van der Waals surface area contributed by atoms with Gasteiger partial charge in [0.25, 0.3) is 0 Å². The van der Waals surface area contributed by atoms with Gasteiger partial charge in [-0.2, -0.15) is 0 Å². The van der Waals surface area contributed by atoms with Gasteiger partial charge in [0.1, 0.15) is 5.15 Å². The third-order valence-electron chi connectivity index (χ3n) is 2.54. The Hall–Kier alpha value is -0.500. The Morgan fingerprint density at radius 2 is 2.00 bits per heavy atom. The molecule has 2 rings (SSSR count). The van der Waals surface area contributed by atoms with Crippen molar-refractivity contribution in [2.45, 2.75) is 13.3 Å². The summed E-state index contributed by atoms with van der Waals surface area (Å²) in [5.41, 5.74) is 2.76.